The van der Waals surface area contributed by atoms with Gasteiger partial charge in [0.25, 0.3) is 0 Å². The third kappa shape index (κ3) is 13.3. The summed E-state index contributed by atoms with van der Waals surface area (Å²) in [7, 11) is 0. The molecule has 0 fully saturated rings. The van der Waals surface area contributed by atoms with E-state index in [1.807, 2.05) is 0 Å². The molecule has 4 aromatic heterocycles. The van der Waals surface area contributed by atoms with Crippen molar-refractivity contribution in [1.29, 1.82) is 0 Å². The second-order valence-electron chi connectivity index (χ2n) is 18.3. The molecule has 16 aliphatic heterocycles. The van der Waals surface area contributed by atoms with E-state index in [0.717, 1.165) is 65.2 Å². The minimum Gasteiger partial charge on any atom is -1.00 e. The number of halogens is 4. The molecule has 0 spiro atoms. The molecule has 0 unspecified atom stereocenters. The van der Waals surface area contributed by atoms with Crippen LogP contribution < -0.4 is 67.9 Å². The molecule has 16 aliphatic rings. The van der Waals surface area contributed by atoms with Crippen LogP contribution in [0.5, 0.6) is 0 Å². The SMILES string of the molecule is [Cl-].[Cl-].[Cl-].[Cl-].c1cc2ccc1Cc1ccc(cc1)C[n+]1ccn(c1)Cc1ccc(cc1)Cn1cc[n+](c1)Cc1ccc(cc1)Cc1ccc(cc1)C[n+]1ccn(c1)Cc1ccc(cc1)Cn1cc[n+](c1)C2. The Bertz CT molecular complexity index is 2740. The lowest BCUT2D eigenvalue weighted by molar-refractivity contribution is -0.688. The number of nitrogens with zero attached hydrogens (tertiary/aromatic N) is 8. The van der Waals surface area contributed by atoms with Gasteiger partial charge in [-0.25, -0.2) is 36.5 Å². The van der Waals surface area contributed by atoms with E-state index in [-0.39, 0.29) is 49.6 Å². The molecule has 12 heteroatoms. The largest absolute Gasteiger partial charge is 1.00 e. The molecule has 6 aromatic carbocycles. The summed E-state index contributed by atoms with van der Waals surface area (Å²) in [6.45, 7) is 6.75. The summed E-state index contributed by atoms with van der Waals surface area (Å²) in [6.07, 6.45) is 28.0. The minimum atomic E-state index is 0. The van der Waals surface area contributed by atoms with E-state index in [4.69, 9.17) is 0 Å². The molecule has 26 rings (SSSR count). The molecule has 70 heavy (non-hydrogen) atoms. The number of imidazole rings is 4. The van der Waals surface area contributed by atoms with Gasteiger partial charge in [-0.1, -0.05) is 146 Å². The van der Waals surface area contributed by atoms with Gasteiger partial charge in [0.2, 0.25) is 25.3 Å². The molecule has 0 saturated heterocycles. The van der Waals surface area contributed by atoms with Gasteiger partial charge >= 0.3 is 0 Å². The highest BCUT2D eigenvalue weighted by molar-refractivity contribution is 5.32. The summed E-state index contributed by atoms with van der Waals surface area (Å²) < 4.78 is 18.1. The zero-order valence-electron chi connectivity index (χ0n) is 38.9. The van der Waals surface area contributed by atoms with Crippen molar-refractivity contribution in [1.82, 2.24) is 18.3 Å². The molecule has 8 nitrogen and oxygen atoms in total. The maximum absolute atomic E-state index is 2.28. The van der Waals surface area contributed by atoms with Crippen molar-refractivity contribution in [2.75, 3.05) is 0 Å². The lowest BCUT2D eigenvalue weighted by Crippen LogP contribution is -3.00. The fourth-order valence-corrected chi connectivity index (χ4v) is 9.21. The van der Waals surface area contributed by atoms with Crippen LogP contribution >= 0.6 is 0 Å². The highest BCUT2D eigenvalue weighted by Gasteiger charge is 2.12. The topological polar surface area (TPSA) is 35.2 Å². The Morgan fingerprint density at radius 1 is 0.229 bits per heavy atom. The lowest BCUT2D eigenvalue weighted by atomic mass is 10.0. The van der Waals surface area contributed by atoms with E-state index in [0.29, 0.717) is 0 Å². The molecule has 0 aliphatic carbocycles. The third-order valence-corrected chi connectivity index (χ3v) is 12.9. The van der Waals surface area contributed by atoms with Crippen molar-refractivity contribution in [2.24, 2.45) is 0 Å². The van der Waals surface area contributed by atoms with E-state index >= 15 is 0 Å². The molecule has 0 saturated carbocycles. The summed E-state index contributed by atoms with van der Waals surface area (Å²) in [4.78, 5) is 0. The summed E-state index contributed by atoms with van der Waals surface area (Å²) in [5.74, 6) is 0. The zero-order chi connectivity index (χ0) is 44.1. The Labute approximate surface area is 436 Å². The molecule has 20 bridgehead atoms. The van der Waals surface area contributed by atoms with Gasteiger partial charge in [0.1, 0.15) is 102 Å². The van der Waals surface area contributed by atoms with Gasteiger partial charge in [0.15, 0.2) is 0 Å². The van der Waals surface area contributed by atoms with E-state index in [2.05, 4.69) is 257 Å². The maximum atomic E-state index is 2.28. The van der Waals surface area contributed by atoms with Crippen LogP contribution in [0.3, 0.4) is 0 Å². The van der Waals surface area contributed by atoms with E-state index < -0.39 is 0 Å². The summed E-state index contributed by atoms with van der Waals surface area (Å²) in [6, 6.07) is 54.4. The molecule has 20 heterocycles. The third-order valence-electron chi connectivity index (χ3n) is 12.9. The van der Waals surface area contributed by atoms with Gasteiger partial charge in [-0.3, -0.25) is 0 Å². The highest BCUT2D eigenvalue weighted by atomic mass is 35.5. The maximum Gasteiger partial charge on any atom is 0.244 e. The standard InChI is InChI=1S/C58H56N8.4ClH/c1-9-51-10-2-47(1)33-48-3-11-52(12-4-48)36-60-26-30-64(44-60)40-57-21-23-58(24-22-57)42-66-32-28-62(46-66)38-54-15-7-50(8-16-54)34-49-5-13-53(14-6-49)37-61-27-31-65(45-61)41-56-19-17-55(18-20-56)39-63-29-25-59(35-51)43-63;;;;/h1-32,43-46H,33-42H2;4*1H/q+4;;;;/p-4. The van der Waals surface area contributed by atoms with E-state index in [1.54, 1.807) is 0 Å². The molecule has 0 radical (unpaired) electrons. The average molecular weight is 1010 g/mol. The monoisotopic (exact) mass is 1000 g/mol. The Balaban J connectivity index is 0.00000180. The summed E-state index contributed by atoms with van der Waals surface area (Å²) >= 11 is 0. The molecule has 0 atom stereocenters. The zero-order valence-corrected chi connectivity index (χ0v) is 42.0. The van der Waals surface area contributed by atoms with Crippen molar-refractivity contribution >= 4 is 0 Å². The number of rotatable bonds is 0. The van der Waals surface area contributed by atoms with Crippen LogP contribution in [-0.4, -0.2) is 18.3 Å². The van der Waals surface area contributed by atoms with Crippen molar-refractivity contribution < 1.29 is 67.9 Å². The van der Waals surface area contributed by atoms with Crippen LogP contribution in [0, 0.1) is 0 Å². The second-order valence-corrected chi connectivity index (χ2v) is 18.3. The lowest BCUT2D eigenvalue weighted by Gasteiger charge is -2.05. The highest BCUT2D eigenvalue weighted by Crippen LogP contribution is 2.16. The first-order valence-electron chi connectivity index (χ1n) is 23.2. The van der Waals surface area contributed by atoms with Crippen molar-refractivity contribution in [3.05, 3.63) is 287 Å². The number of hydrogen-bond donors (Lipinski definition) is 0. The van der Waals surface area contributed by atoms with E-state index in [1.165, 1.54) is 66.8 Å². The Morgan fingerprint density at radius 2 is 0.400 bits per heavy atom. The molecule has 0 amide bonds. The first kappa shape index (κ1) is 51.2. The van der Waals surface area contributed by atoms with Crippen LogP contribution in [0.2, 0.25) is 0 Å². The molecular formula is C58H56Cl4N8. The number of benzene rings is 6. The van der Waals surface area contributed by atoms with Crippen molar-refractivity contribution in [2.45, 2.75) is 65.2 Å². The quantitative estimate of drug-likeness (QED) is 0.139. The predicted octanol–water partition coefficient (Wildman–Crippen LogP) is -4.06. The van der Waals surface area contributed by atoms with Crippen LogP contribution in [0.25, 0.3) is 0 Å². The Kier molecular flexibility index (Phi) is 17.4. The molecule has 356 valence electrons. The summed E-state index contributed by atoms with van der Waals surface area (Å²) in [5.41, 5.74) is 15.7. The average Bonchev–Trinajstić information content (AvgIpc) is 4.18. The predicted molar refractivity (Wildman–Crippen MR) is 256 cm³/mol. The first-order chi connectivity index (χ1) is 32.5. The van der Waals surface area contributed by atoms with Crippen molar-refractivity contribution in [3.63, 3.8) is 0 Å². The molecular weight excluding hydrogens is 951 g/mol. The first-order valence-corrected chi connectivity index (χ1v) is 23.2. The van der Waals surface area contributed by atoms with Gasteiger partial charge in [-0.15, -0.1) is 0 Å². The second kappa shape index (κ2) is 23.8. The fourth-order valence-electron chi connectivity index (χ4n) is 9.21. The number of hydrogen-bond acceptors (Lipinski definition) is 0. The van der Waals surface area contributed by atoms with Crippen molar-refractivity contribution in [3.8, 4) is 0 Å². The van der Waals surface area contributed by atoms with Gasteiger partial charge in [-0.05, 0) is 79.6 Å². The summed E-state index contributed by atoms with van der Waals surface area (Å²) in [5, 5.41) is 0. The molecule has 0 N–H and O–H groups in total. The van der Waals surface area contributed by atoms with Gasteiger partial charge in [0, 0.05) is 0 Å². The normalized spacial score (nSPS) is 12.7. The van der Waals surface area contributed by atoms with Crippen LogP contribution in [0.1, 0.15) is 66.8 Å². The number of aromatic nitrogens is 8. The van der Waals surface area contributed by atoms with Gasteiger partial charge in [0.05, 0.1) is 0 Å². The van der Waals surface area contributed by atoms with Crippen LogP contribution in [0.4, 0.5) is 0 Å². The van der Waals surface area contributed by atoms with Gasteiger partial charge in [-0.2, -0.15) is 0 Å². The van der Waals surface area contributed by atoms with Gasteiger partial charge < -0.3 is 49.6 Å². The Morgan fingerprint density at radius 3 is 0.600 bits per heavy atom. The minimum absolute atomic E-state index is 0. The van der Waals surface area contributed by atoms with E-state index in [9.17, 15) is 0 Å². The molecule has 10 aromatic rings. The van der Waals surface area contributed by atoms with Crippen LogP contribution in [0.15, 0.2) is 220 Å². The fraction of sp³-hybridized carbons (Fsp3) is 0.172. The Hall–Kier alpha value is -6.68. The van der Waals surface area contributed by atoms with Crippen LogP contribution in [-0.2, 0) is 65.2 Å². The smallest absolute Gasteiger partial charge is 0.244 e.